The summed E-state index contributed by atoms with van der Waals surface area (Å²) in [6.45, 7) is 11.4. The fourth-order valence-corrected chi connectivity index (χ4v) is 1.96. The van der Waals surface area contributed by atoms with Gasteiger partial charge in [-0.05, 0) is 43.4 Å². The van der Waals surface area contributed by atoms with E-state index in [1.807, 2.05) is 13.2 Å². The van der Waals surface area contributed by atoms with Gasteiger partial charge in [0.2, 0.25) is 0 Å². The molecule has 1 rings (SSSR count). The lowest BCUT2D eigenvalue weighted by atomic mass is 9.78. The van der Waals surface area contributed by atoms with E-state index >= 15 is 0 Å². The molecular formula is C16H28N2. The monoisotopic (exact) mass is 248 g/mol. The van der Waals surface area contributed by atoms with Crippen LogP contribution in [0.3, 0.4) is 0 Å². The van der Waals surface area contributed by atoms with Crippen LogP contribution in [0.4, 0.5) is 0 Å². The first kappa shape index (κ1) is 15.2. The summed E-state index contributed by atoms with van der Waals surface area (Å²) in [5.41, 5.74) is 2.78. The number of hydrogen-bond acceptors (Lipinski definition) is 2. The molecule has 1 heterocycles. The SMILES string of the molecule is CNC(Cc1ccc(C)cn1)CC(C)C(C)(C)C. The van der Waals surface area contributed by atoms with Gasteiger partial charge in [0, 0.05) is 24.4 Å². The lowest BCUT2D eigenvalue weighted by molar-refractivity contribution is 0.224. The van der Waals surface area contributed by atoms with Gasteiger partial charge in [-0.15, -0.1) is 0 Å². The Hall–Kier alpha value is -0.890. The van der Waals surface area contributed by atoms with E-state index in [-0.39, 0.29) is 0 Å². The molecule has 2 heteroatoms. The second-order valence-corrected chi connectivity index (χ2v) is 6.52. The van der Waals surface area contributed by atoms with E-state index in [0.717, 1.165) is 6.42 Å². The van der Waals surface area contributed by atoms with Gasteiger partial charge in [-0.2, -0.15) is 0 Å². The van der Waals surface area contributed by atoms with Crippen LogP contribution in [0.1, 0.15) is 45.4 Å². The van der Waals surface area contributed by atoms with Crippen LogP contribution in [0.25, 0.3) is 0 Å². The summed E-state index contributed by atoms with van der Waals surface area (Å²) in [5, 5.41) is 3.43. The molecule has 2 unspecified atom stereocenters. The van der Waals surface area contributed by atoms with Crippen LogP contribution in [0.15, 0.2) is 18.3 Å². The van der Waals surface area contributed by atoms with E-state index in [9.17, 15) is 0 Å². The molecule has 18 heavy (non-hydrogen) atoms. The molecule has 0 aliphatic rings. The van der Waals surface area contributed by atoms with Gasteiger partial charge in [0.05, 0.1) is 0 Å². The predicted octanol–water partition coefficient (Wildman–Crippen LogP) is 3.59. The summed E-state index contributed by atoms with van der Waals surface area (Å²) in [6.07, 6.45) is 4.15. The lowest BCUT2D eigenvalue weighted by Crippen LogP contribution is -2.33. The van der Waals surface area contributed by atoms with Gasteiger partial charge in [-0.1, -0.05) is 33.8 Å². The highest BCUT2D eigenvalue weighted by atomic mass is 14.9. The number of nitrogens with zero attached hydrogens (tertiary/aromatic N) is 1. The highest BCUT2D eigenvalue weighted by Gasteiger charge is 2.23. The summed E-state index contributed by atoms with van der Waals surface area (Å²) >= 11 is 0. The van der Waals surface area contributed by atoms with Crippen LogP contribution < -0.4 is 5.32 Å². The van der Waals surface area contributed by atoms with Crippen LogP contribution in [0, 0.1) is 18.3 Å². The lowest BCUT2D eigenvalue weighted by Gasteiger charge is -2.30. The molecule has 0 amide bonds. The molecule has 102 valence electrons. The van der Waals surface area contributed by atoms with Crippen LogP contribution >= 0.6 is 0 Å². The molecule has 0 aliphatic heterocycles. The minimum absolute atomic E-state index is 0.371. The number of aromatic nitrogens is 1. The van der Waals surface area contributed by atoms with E-state index in [0.29, 0.717) is 17.4 Å². The molecule has 1 N–H and O–H groups in total. The maximum Gasteiger partial charge on any atom is 0.0419 e. The van der Waals surface area contributed by atoms with Crippen molar-refractivity contribution in [1.82, 2.24) is 10.3 Å². The molecule has 2 nitrogen and oxygen atoms in total. The van der Waals surface area contributed by atoms with Crippen LogP contribution in [-0.2, 0) is 6.42 Å². The summed E-state index contributed by atoms with van der Waals surface area (Å²) in [6, 6.07) is 4.79. The zero-order chi connectivity index (χ0) is 13.8. The van der Waals surface area contributed by atoms with Crippen molar-refractivity contribution in [2.45, 2.75) is 53.5 Å². The topological polar surface area (TPSA) is 24.9 Å². The van der Waals surface area contributed by atoms with Crippen LogP contribution in [0.5, 0.6) is 0 Å². The first-order valence-corrected chi connectivity index (χ1v) is 6.91. The number of pyridine rings is 1. The first-order valence-electron chi connectivity index (χ1n) is 6.91. The second-order valence-electron chi connectivity index (χ2n) is 6.52. The van der Waals surface area contributed by atoms with E-state index in [4.69, 9.17) is 0 Å². The van der Waals surface area contributed by atoms with Crippen molar-refractivity contribution in [3.8, 4) is 0 Å². The molecule has 1 aromatic heterocycles. The van der Waals surface area contributed by atoms with Gasteiger partial charge in [-0.3, -0.25) is 4.98 Å². The van der Waals surface area contributed by atoms with Crippen molar-refractivity contribution in [1.29, 1.82) is 0 Å². The molecule has 0 fully saturated rings. The van der Waals surface area contributed by atoms with Crippen LogP contribution in [0.2, 0.25) is 0 Å². The van der Waals surface area contributed by atoms with E-state index in [1.165, 1.54) is 17.7 Å². The Bertz CT molecular complexity index is 348. The number of hydrogen-bond donors (Lipinski definition) is 1. The Kier molecular flexibility index (Phi) is 5.33. The van der Waals surface area contributed by atoms with Crippen molar-refractivity contribution in [3.63, 3.8) is 0 Å². The smallest absolute Gasteiger partial charge is 0.0419 e. The number of nitrogens with one attached hydrogen (secondary N) is 1. The summed E-state index contributed by atoms with van der Waals surface area (Å²) in [7, 11) is 2.05. The highest BCUT2D eigenvalue weighted by molar-refractivity contribution is 5.13. The van der Waals surface area contributed by atoms with Gasteiger partial charge in [0.15, 0.2) is 0 Å². The first-order chi connectivity index (χ1) is 8.32. The van der Waals surface area contributed by atoms with Gasteiger partial charge in [0.1, 0.15) is 0 Å². The molecule has 0 aromatic carbocycles. The van der Waals surface area contributed by atoms with E-state index in [1.54, 1.807) is 0 Å². The molecular weight excluding hydrogens is 220 g/mol. The maximum absolute atomic E-state index is 4.50. The maximum atomic E-state index is 4.50. The van der Waals surface area contributed by atoms with E-state index in [2.05, 4.69) is 57.1 Å². The standard InChI is InChI=1S/C16H28N2/c1-12-7-8-14(18-11-12)10-15(17-6)9-13(2)16(3,4)5/h7-8,11,13,15,17H,9-10H2,1-6H3. The summed E-state index contributed by atoms with van der Waals surface area (Å²) in [5.74, 6) is 0.695. The number of likely N-dealkylation sites (N-methyl/N-ethyl adjacent to an activating group) is 1. The van der Waals surface area contributed by atoms with Crippen molar-refractivity contribution in [3.05, 3.63) is 29.6 Å². The zero-order valence-corrected chi connectivity index (χ0v) is 12.7. The fourth-order valence-electron chi connectivity index (χ4n) is 1.96. The molecule has 0 bridgehead atoms. The third-order valence-electron chi connectivity index (χ3n) is 3.95. The molecule has 1 aromatic rings. The van der Waals surface area contributed by atoms with Crippen molar-refractivity contribution < 1.29 is 0 Å². The van der Waals surface area contributed by atoms with Gasteiger partial charge in [0.25, 0.3) is 0 Å². The van der Waals surface area contributed by atoms with Crippen molar-refractivity contribution >= 4 is 0 Å². The summed E-state index contributed by atoms with van der Waals surface area (Å²) < 4.78 is 0. The van der Waals surface area contributed by atoms with Crippen molar-refractivity contribution in [2.75, 3.05) is 7.05 Å². The molecule has 0 saturated carbocycles. The largest absolute Gasteiger partial charge is 0.317 e. The average Bonchev–Trinajstić information content (AvgIpc) is 2.29. The molecule has 2 atom stereocenters. The fraction of sp³-hybridized carbons (Fsp3) is 0.688. The highest BCUT2D eigenvalue weighted by Crippen LogP contribution is 2.29. The average molecular weight is 248 g/mol. The Labute approximate surface area is 112 Å². The minimum Gasteiger partial charge on any atom is -0.317 e. The third kappa shape index (κ3) is 4.77. The Morgan fingerprint density at radius 3 is 2.39 bits per heavy atom. The molecule has 0 spiro atoms. The Morgan fingerprint density at radius 2 is 1.94 bits per heavy atom. The van der Waals surface area contributed by atoms with Crippen molar-refractivity contribution in [2.24, 2.45) is 11.3 Å². The molecule has 0 saturated heterocycles. The number of rotatable bonds is 5. The predicted molar refractivity (Wildman–Crippen MR) is 78.8 cm³/mol. The van der Waals surface area contributed by atoms with Gasteiger partial charge >= 0.3 is 0 Å². The quantitative estimate of drug-likeness (QED) is 0.861. The van der Waals surface area contributed by atoms with Crippen LogP contribution in [-0.4, -0.2) is 18.1 Å². The third-order valence-corrected chi connectivity index (χ3v) is 3.95. The van der Waals surface area contributed by atoms with Gasteiger partial charge in [-0.25, -0.2) is 0 Å². The second kappa shape index (κ2) is 6.33. The summed E-state index contributed by atoms with van der Waals surface area (Å²) in [4.78, 5) is 4.50. The Balaban J connectivity index is 2.59. The number of aryl methyl sites for hydroxylation is 1. The normalized spacial score (nSPS) is 15.4. The van der Waals surface area contributed by atoms with E-state index < -0.39 is 0 Å². The molecule has 0 radical (unpaired) electrons. The Morgan fingerprint density at radius 1 is 1.28 bits per heavy atom. The zero-order valence-electron chi connectivity index (χ0n) is 12.7. The van der Waals surface area contributed by atoms with Gasteiger partial charge < -0.3 is 5.32 Å². The minimum atomic E-state index is 0.371. The molecule has 0 aliphatic carbocycles.